The van der Waals surface area contributed by atoms with Gasteiger partial charge in [-0.15, -0.1) is 0 Å². The van der Waals surface area contributed by atoms with Gasteiger partial charge in [0.2, 0.25) is 0 Å². The average Bonchev–Trinajstić information content (AvgIpc) is 2.78. The molecule has 0 radical (unpaired) electrons. The smallest absolute Gasteiger partial charge is 0.319 e. The standard InChI is InChI=1S/C12H16O4P2/c1-11(18(14)15-8-9-16-18)10-17(2,13)12-6-4-3-5-7-12/h3-7H,1,8-10H2,2H3. The summed E-state index contributed by atoms with van der Waals surface area (Å²) in [6.07, 6.45) is 0.147. The van der Waals surface area contributed by atoms with Crippen molar-refractivity contribution < 1.29 is 18.2 Å². The molecule has 98 valence electrons. The predicted octanol–water partition coefficient (Wildman–Crippen LogP) is 3.06. The Kier molecular flexibility index (Phi) is 3.93. The van der Waals surface area contributed by atoms with Crippen molar-refractivity contribution in [1.29, 1.82) is 0 Å². The van der Waals surface area contributed by atoms with Gasteiger partial charge in [-0.25, -0.2) is 0 Å². The van der Waals surface area contributed by atoms with Crippen LogP contribution in [0.15, 0.2) is 42.2 Å². The second-order valence-corrected chi connectivity index (χ2v) is 9.50. The molecule has 6 heteroatoms. The summed E-state index contributed by atoms with van der Waals surface area (Å²) in [6.45, 7) is 6.00. The molecule has 1 aromatic carbocycles. The van der Waals surface area contributed by atoms with E-state index in [0.717, 1.165) is 5.30 Å². The predicted molar refractivity (Wildman–Crippen MR) is 73.1 cm³/mol. The topological polar surface area (TPSA) is 52.6 Å². The van der Waals surface area contributed by atoms with E-state index in [1.807, 2.05) is 18.2 Å². The second kappa shape index (κ2) is 5.14. The molecule has 0 saturated carbocycles. The Morgan fingerprint density at radius 3 is 2.44 bits per heavy atom. The molecule has 0 aliphatic carbocycles. The summed E-state index contributed by atoms with van der Waals surface area (Å²) in [5, 5.41) is 1.05. The van der Waals surface area contributed by atoms with Crippen LogP contribution in [0.2, 0.25) is 0 Å². The molecule has 4 nitrogen and oxygen atoms in total. The van der Waals surface area contributed by atoms with Gasteiger partial charge >= 0.3 is 7.60 Å². The molecule has 1 fully saturated rings. The summed E-state index contributed by atoms with van der Waals surface area (Å²) in [4.78, 5) is 0. The molecule has 1 aliphatic heterocycles. The average molecular weight is 286 g/mol. The third-order valence-corrected chi connectivity index (χ3v) is 7.38. The summed E-state index contributed by atoms with van der Waals surface area (Å²) in [6, 6.07) is 9.14. The molecule has 0 aromatic heterocycles. The Labute approximate surface area is 107 Å². The fourth-order valence-corrected chi connectivity index (χ4v) is 6.06. The van der Waals surface area contributed by atoms with E-state index >= 15 is 0 Å². The molecule has 0 bridgehead atoms. The minimum absolute atomic E-state index is 0.147. The molecule has 1 saturated heterocycles. The van der Waals surface area contributed by atoms with Crippen molar-refractivity contribution >= 4 is 20.0 Å². The van der Waals surface area contributed by atoms with Gasteiger partial charge in [0.15, 0.2) is 0 Å². The highest BCUT2D eigenvalue weighted by Crippen LogP contribution is 2.61. The fourth-order valence-electron chi connectivity index (χ4n) is 1.80. The van der Waals surface area contributed by atoms with Crippen LogP contribution in [0, 0.1) is 0 Å². The van der Waals surface area contributed by atoms with Crippen LogP contribution in [0.25, 0.3) is 0 Å². The minimum Gasteiger partial charge on any atom is -0.319 e. The summed E-state index contributed by atoms with van der Waals surface area (Å²) < 4.78 is 35.0. The first kappa shape index (κ1) is 13.8. The van der Waals surface area contributed by atoms with E-state index in [2.05, 4.69) is 6.58 Å². The first-order valence-corrected chi connectivity index (χ1v) is 9.52. The lowest BCUT2D eigenvalue weighted by molar-refractivity contribution is 0.360. The van der Waals surface area contributed by atoms with Gasteiger partial charge in [0.1, 0.15) is 7.14 Å². The Hall–Kier alpha value is -0.660. The van der Waals surface area contributed by atoms with Gasteiger partial charge in [0, 0.05) is 16.8 Å². The molecule has 1 aromatic rings. The van der Waals surface area contributed by atoms with Crippen molar-refractivity contribution in [2.75, 3.05) is 26.0 Å². The van der Waals surface area contributed by atoms with Gasteiger partial charge in [-0.05, 0) is 6.66 Å². The molecule has 1 atom stereocenters. The molecular formula is C12H16O4P2. The van der Waals surface area contributed by atoms with Crippen molar-refractivity contribution in [3.63, 3.8) is 0 Å². The van der Waals surface area contributed by atoms with Crippen LogP contribution in [-0.4, -0.2) is 26.0 Å². The van der Waals surface area contributed by atoms with Gasteiger partial charge in [0.05, 0.1) is 13.2 Å². The molecule has 0 spiro atoms. The summed E-state index contributed by atoms with van der Waals surface area (Å²) in [5.74, 6) is 0. The van der Waals surface area contributed by atoms with Crippen LogP contribution >= 0.6 is 14.7 Å². The van der Waals surface area contributed by atoms with Crippen molar-refractivity contribution in [1.82, 2.24) is 0 Å². The SMILES string of the molecule is C=C(CP(C)(=O)c1ccccc1)P1(=O)OCCO1. The Morgan fingerprint density at radius 2 is 1.89 bits per heavy atom. The minimum atomic E-state index is -3.24. The number of allylic oxidation sites excluding steroid dienone is 1. The lowest BCUT2D eigenvalue weighted by Crippen LogP contribution is -2.07. The largest absolute Gasteiger partial charge is 0.357 e. The molecule has 1 unspecified atom stereocenters. The van der Waals surface area contributed by atoms with E-state index in [1.165, 1.54) is 0 Å². The molecule has 2 rings (SSSR count). The first-order chi connectivity index (χ1) is 8.44. The lowest BCUT2D eigenvalue weighted by atomic mass is 10.4. The Bertz CT molecular complexity index is 528. The first-order valence-electron chi connectivity index (χ1n) is 5.64. The highest BCUT2D eigenvalue weighted by molar-refractivity contribution is 7.72. The van der Waals surface area contributed by atoms with Crippen LogP contribution in [0.3, 0.4) is 0 Å². The highest BCUT2D eigenvalue weighted by atomic mass is 31.2. The van der Waals surface area contributed by atoms with E-state index < -0.39 is 14.7 Å². The third-order valence-electron chi connectivity index (χ3n) is 2.78. The van der Waals surface area contributed by atoms with Crippen LogP contribution in [0.5, 0.6) is 0 Å². The number of hydrogen-bond donors (Lipinski definition) is 0. The van der Waals surface area contributed by atoms with Crippen molar-refractivity contribution in [3.05, 3.63) is 42.2 Å². The maximum Gasteiger partial charge on any atom is 0.357 e. The van der Waals surface area contributed by atoms with Gasteiger partial charge < -0.3 is 13.6 Å². The van der Waals surface area contributed by atoms with Crippen LogP contribution < -0.4 is 5.30 Å². The maximum atomic E-state index is 12.6. The molecule has 18 heavy (non-hydrogen) atoms. The molecule has 1 aliphatic rings. The highest BCUT2D eigenvalue weighted by Gasteiger charge is 2.36. The lowest BCUT2D eigenvalue weighted by Gasteiger charge is -2.17. The summed E-state index contributed by atoms with van der Waals surface area (Å²) >= 11 is 0. The number of rotatable bonds is 4. The summed E-state index contributed by atoms with van der Waals surface area (Å²) in [5.41, 5.74) is 0. The van der Waals surface area contributed by atoms with Crippen LogP contribution in [0.4, 0.5) is 0 Å². The monoisotopic (exact) mass is 286 g/mol. The van der Waals surface area contributed by atoms with Gasteiger partial charge in [0.25, 0.3) is 0 Å². The van der Waals surface area contributed by atoms with Crippen LogP contribution in [-0.2, 0) is 18.2 Å². The molecule has 0 amide bonds. The van der Waals surface area contributed by atoms with Crippen molar-refractivity contribution in [2.24, 2.45) is 0 Å². The van der Waals surface area contributed by atoms with Crippen molar-refractivity contribution in [2.45, 2.75) is 0 Å². The van der Waals surface area contributed by atoms with Crippen LogP contribution in [0.1, 0.15) is 0 Å². The molecular weight excluding hydrogens is 270 g/mol. The number of benzene rings is 1. The zero-order valence-corrected chi connectivity index (χ0v) is 12.0. The normalized spacial score (nSPS) is 21.4. The number of hydrogen-bond acceptors (Lipinski definition) is 4. The maximum absolute atomic E-state index is 12.6. The van der Waals surface area contributed by atoms with Crippen molar-refractivity contribution in [3.8, 4) is 0 Å². The van der Waals surface area contributed by atoms with E-state index in [4.69, 9.17) is 9.05 Å². The Balaban J connectivity index is 2.16. The zero-order chi connectivity index (χ0) is 13.2. The second-order valence-electron chi connectivity index (χ2n) is 4.32. The van der Waals surface area contributed by atoms with E-state index in [9.17, 15) is 9.13 Å². The van der Waals surface area contributed by atoms with E-state index in [0.29, 0.717) is 18.5 Å². The summed E-state index contributed by atoms with van der Waals surface area (Å²) in [7, 11) is -5.87. The quantitative estimate of drug-likeness (QED) is 0.798. The molecule has 1 heterocycles. The van der Waals surface area contributed by atoms with Gasteiger partial charge in [-0.2, -0.15) is 0 Å². The van der Waals surface area contributed by atoms with E-state index in [1.54, 1.807) is 18.8 Å². The third kappa shape index (κ3) is 2.84. The van der Waals surface area contributed by atoms with Gasteiger partial charge in [-0.1, -0.05) is 36.9 Å². The zero-order valence-electron chi connectivity index (χ0n) is 10.2. The Morgan fingerprint density at radius 1 is 1.33 bits per heavy atom. The molecule has 0 N–H and O–H groups in total. The van der Waals surface area contributed by atoms with Gasteiger partial charge in [-0.3, -0.25) is 4.57 Å². The van der Waals surface area contributed by atoms with E-state index in [-0.39, 0.29) is 6.16 Å². The fraction of sp³-hybridized carbons (Fsp3) is 0.333.